The first kappa shape index (κ1) is 25.4. The predicted molar refractivity (Wildman–Crippen MR) is 150 cm³/mol. The first-order chi connectivity index (χ1) is 18.2. The van der Waals surface area contributed by atoms with Crippen LogP contribution < -0.4 is 15.0 Å². The van der Waals surface area contributed by atoms with Gasteiger partial charge in [-0.1, -0.05) is 24.3 Å². The largest absolute Gasteiger partial charge is 0.497 e. The summed E-state index contributed by atoms with van der Waals surface area (Å²) in [5.41, 5.74) is 3.68. The van der Waals surface area contributed by atoms with Crippen molar-refractivity contribution < 1.29 is 19.1 Å². The number of methoxy groups -OCH3 is 1. The standard InChI is InChI=1S/C31H33N3O4/c1-20-19-26(32-25-10-8-12-27-24(25)17-18-33(27)30(36)38-31(2,3)4)23-9-6-7-11-28(23)34(20)29(35)21-13-15-22(37-5)16-14-21/h6-18,20,26,32H,19H2,1-5H3/t20-,26+/m0/s1. The van der Waals surface area contributed by atoms with Crippen molar-refractivity contribution in [2.24, 2.45) is 0 Å². The fourth-order valence-electron chi connectivity index (χ4n) is 5.08. The van der Waals surface area contributed by atoms with E-state index in [9.17, 15) is 9.59 Å². The second kappa shape index (κ2) is 9.89. The van der Waals surface area contributed by atoms with Crippen molar-refractivity contribution in [3.05, 3.63) is 90.1 Å². The number of nitrogens with one attached hydrogen (secondary N) is 1. The molecule has 0 radical (unpaired) electrons. The Morgan fingerprint density at radius 1 is 0.947 bits per heavy atom. The summed E-state index contributed by atoms with van der Waals surface area (Å²) >= 11 is 0. The van der Waals surface area contributed by atoms with Gasteiger partial charge in [0.2, 0.25) is 0 Å². The van der Waals surface area contributed by atoms with E-state index in [4.69, 9.17) is 9.47 Å². The number of fused-ring (bicyclic) bond motifs is 2. The molecule has 0 bridgehead atoms. The molecule has 1 N–H and O–H groups in total. The fourth-order valence-corrected chi connectivity index (χ4v) is 5.08. The van der Waals surface area contributed by atoms with Crippen LogP contribution in [0.3, 0.4) is 0 Å². The zero-order valence-electron chi connectivity index (χ0n) is 22.4. The lowest BCUT2D eigenvalue weighted by Gasteiger charge is -2.40. The molecule has 4 aromatic rings. The summed E-state index contributed by atoms with van der Waals surface area (Å²) in [5.74, 6) is 0.676. The van der Waals surface area contributed by atoms with E-state index in [0.29, 0.717) is 11.3 Å². The number of ether oxygens (including phenoxy) is 2. The van der Waals surface area contributed by atoms with Crippen LogP contribution in [-0.4, -0.2) is 35.3 Å². The van der Waals surface area contributed by atoms with E-state index in [0.717, 1.165) is 34.3 Å². The fraction of sp³-hybridized carbons (Fsp3) is 0.290. The molecule has 2 atom stereocenters. The Hall–Kier alpha value is -4.26. The highest BCUT2D eigenvalue weighted by molar-refractivity contribution is 6.07. The molecule has 7 heteroatoms. The van der Waals surface area contributed by atoms with Gasteiger partial charge in [-0.15, -0.1) is 0 Å². The Labute approximate surface area is 223 Å². The van der Waals surface area contributed by atoms with Crippen molar-refractivity contribution in [3.8, 4) is 5.75 Å². The van der Waals surface area contributed by atoms with Crippen LogP contribution >= 0.6 is 0 Å². The Morgan fingerprint density at radius 3 is 2.39 bits per heavy atom. The zero-order valence-corrected chi connectivity index (χ0v) is 22.4. The first-order valence-electron chi connectivity index (χ1n) is 12.8. The van der Waals surface area contributed by atoms with Crippen LogP contribution in [0.5, 0.6) is 5.75 Å². The Kier molecular flexibility index (Phi) is 6.61. The number of carbonyl (C=O) groups excluding carboxylic acids is 2. The minimum Gasteiger partial charge on any atom is -0.497 e. The number of hydrogen-bond acceptors (Lipinski definition) is 5. The maximum absolute atomic E-state index is 13.6. The highest BCUT2D eigenvalue weighted by atomic mass is 16.6. The van der Waals surface area contributed by atoms with Crippen molar-refractivity contribution in [2.45, 2.75) is 51.8 Å². The van der Waals surface area contributed by atoms with Crippen LogP contribution in [0.4, 0.5) is 16.2 Å². The van der Waals surface area contributed by atoms with Gasteiger partial charge < -0.3 is 19.7 Å². The van der Waals surface area contributed by atoms with Gasteiger partial charge in [0, 0.05) is 34.6 Å². The van der Waals surface area contributed by atoms with Gasteiger partial charge in [0.15, 0.2) is 0 Å². The van der Waals surface area contributed by atoms with Gasteiger partial charge in [-0.05, 0) is 88.2 Å². The number of nitrogens with zero attached hydrogens (tertiary/aromatic N) is 2. The Morgan fingerprint density at radius 2 is 1.68 bits per heavy atom. The number of carbonyl (C=O) groups is 2. The number of anilines is 2. The van der Waals surface area contributed by atoms with Crippen LogP contribution in [0.1, 0.15) is 56.1 Å². The second-order valence-corrected chi connectivity index (χ2v) is 10.6. The number of para-hydroxylation sites is 1. The Balaban J connectivity index is 1.45. The SMILES string of the molecule is COc1ccc(C(=O)N2c3ccccc3[C@H](Nc3cccc4c3ccn4C(=O)OC(C)(C)C)C[C@@H]2C)cc1. The minimum absolute atomic E-state index is 0.0170. The monoisotopic (exact) mass is 511 g/mol. The van der Waals surface area contributed by atoms with Crippen molar-refractivity contribution in [1.82, 2.24) is 4.57 Å². The third-order valence-corrected chi connectivity index (χ3v) is 6.80. The number of benzene rings is 3. The van der Waals surface area contributed by atoms with Crippen LogP contribution in [-0.2, 0) is 4.74 Å². The molecule has 0 fully saturated rings. The zero-order chi connectivity index (χ0) is 27.0. The lowest BCUT2D eigenvalue weighted by Crippen LogP contribution is -2.44. The predicted octanol–water partition coefficient (Wildman–Crippen LogP) is 7.03. The van der Waals surface area contributed by atoms with Crippen molar-refractivity contribution in [2.75, 3.05) is 17.3 Å². The molecule has 7 nitrogen and oxygen atoms in total. The van der Waals surface area contributed by atoms with Crippen LogP contribution in [0.15, 0.2) is 79.0 Å². The highest BCUT2D eigenvalue weighted by Gasteiger charge is 2.34. The van der Waals surface area contributed by atoms with E-state index in [1.807, 2.05) is 80.3 Å². The van der Waals surface area contributed by atoms with Crippen molar-refractivity contribution in [3.63, 3.8) is 0 Å². The summed E-state index contributed by atoms with van der Waals surface area (Å²) in [6.45, 7) is 7.64. The van der Waals surface area contributed by atoms with E-state index in [2.05, 4.69) is 18.3 Å². The van der Waals surface area contributed by atoms with Crippen LogP contribution in [0, 0.1) is 0 Å². The normalized spacial score (nSPS) is 17.1. The third-order valence-electron chi connectivity index (χ3n) is 6.80. The van der Waals surface area contributed by atoms with Gasteiger partial charge in [-0.2, -0.15) is 0 Å². The van der Waals surface area contributed by atoms with Gasteiger partial charge in [-0.3, -0.25) is 9.36 Å². The molecule has 196 valence electrons. The summed E-state index contributed by atoms with van der Waals surface area (Å²) in [4.78, 5) is 28.3. The smallest absolute Gasteiger partial charge is 0.418 e. The molecule has 38 heavy (non-hydrogen) atoms. The summed E-state index contributed by atoms with van der Waals surface area (Å²) in [6, 6.07) is 23.0. The van der Waals surface area contributed by atoms with E-state index >= 15 is 0 Å². The summed E-state index contributed by atoms with van der Waals surface area (Å²) in [7, 11) is 1.61. The molecular weight excluding hydrogens is 478 g/mol. The van der Waals surface area contributed by atoms with Crippen molar-refractivity contribution in [1.29, 1.82) is 0 Å². The summed E-state index contributed by atoms with van der Waals surface area (Å²) < 4.78 is 12.4. The quantitative estimate of drug-likeness (QED) is 0.319. The molecule has 0 unspecified atom stereocenters. The molecule has 1 aromatic heterocycles. The molecule has 0 saturated carbocycles. The topological polar surface area (TPSA) is 72.8 Å². The number of hydrogen-bond donors (Lipinski definition) is 1. The third kappa shape index (κ3) is 4.84. The molecule has 0 aliphatic carbocycles. The van der Waals surface area contributed by atoms with Gasteiger partial charge in [0.05, 0.1) is 18.7 Å². The van der Waals surface area contributed by atoms with Crippen LogP contribution in [0.25, 0.3) is 10.9 Å². The van der Waals surface area contributed by atoms with Crippen molar-refractivity contribution >= 4 is 34.3 Å². The van der Waals surface area contributed by atoms with E-state index < -0.39 is 11.7 Å². The minimum atomic E-state index is -0.583. The summed E-state index contributed by atoms with van der Waals surface area (Å²) in [6.07, 6.45) is 2.06. The van der Waals surface area contributed by atoms with Gasteiger partial charge in [-0.25, -0.2) is 4.79 Å². The average Bonchev–Trinajstić information content (AvgIpc) is 3.33. The van der Waals surface area contributed by atoms with E-state index in [-0.39, 0.29) is 18.0 Å². The van der Waals surface area contributed by atoms with E-state index in [1.54, 1.807) is 30.0 Å². The highest BCUT2D eigenvalue weighted by Crippen LogP contribution is 2.40. The molecular formula is C31H33N3O4. The first-order valence-corrected chi connectivity index (χ1v) is 12.8. The number of rotatable bonds is 4. The van der Waals surface area contributed by atoms with Gasteiger partial charge in [0.1, 0.15) is 11.4 Å². The lowest BCUT2D eigenvalue weighted by molar-refractivity contribution is 0.0544. The molecule has 0 spiro atoms. The summed E-state index contributed by atoms with van der Waals surface area (Å²) in [5, 5.41) is 4.64. The maximum atomic E-state index is 13.6. The van der Waals surface area contributed by atoms with Gasteiger partial charge in [0.25, 0.3) is 5.91 Å². The molecule has 1 amide bonds. The molecule has 1 aliphatic rings. The maximum Gasteiger partial charge on any atom is 0.418 e. The molecule has 0 saturated heterocycles. The molecule has 5 rings (SSSR count). The average molecular weight is 512 g/mol. The molecule has 3 aromatic carbocycles. The van der Waals surface area contributed by atoms with Crippen LogP contribution in [0.2, 0.25) is 0 Å². The Bertz CT molecular complexity index is 1480. The molecule has 2 heterocycles. The molecule has 1 aliphatic heterocycles. The van der Waals surface area contributed by atoms with E-state index in [1.165, 1.54) is 0 Å². The lowest BCUT2D eigenvalue weighted by atomic mass is 9.90. The number of aromatic nitrogens is 1. The second-order valence-electron chi connectivity index (χ2n) is 10.6. The number of amides is 1. The van der Waals surface area contributed by atoms with Gasteiger partial charge >= 0.3 is 6.09 Å².